The second-order valence-corrected chi connectivity index (χ2v) is 9.07. The number of aromatic nitrogens is 1. The van der Waals surface area contributed by atoms with Gasteiger partial charge in [-0.3, -0.25) is 9.88 Å². The highest BCUT2D eigenvalue weighted by molar-refractivity contribution is 5.71. The number of hydrogen-bond acceptors (Lipinski definition) is 7. The molecule has 2 N–H and O–H groups in total. The Morgan fingerprint density at radius 1 is 1.14 bits per heavy atom. The molecule has 0 radical (unpaired) electrons. The number of ether oxygens (including phenoxy) is 2. The zero-order chi connectivity index (χ0) is 25.2. The van der Waals surface area contributed by atoms with Crippen LogP contribution in [-0.2, 0) is 11.2 Å². The number of nitriles is 1. The largest absolute Gasteiger partial charge is 0.488 e. The molecule has 0 spiro atoms. The van der Waals surface area contributed by atoms with Crippen molar-refractivity contribution in [3.8, 4) is 22.9 Å². The van der Waals surface area contributed by atoms with E-state index in [9.17, 15) is 10.4 Å². The molecule has 1 aliphatic rings. The van der Waals surface area contributed by atoms with Gasteiger partial charge in [0, 0.05) is 38.6 Å². The number of aliphatic hydroxyl groups excluding tert-OH is 1. The number of pyridine rings is 1. The topological polar surface area (TPSA) is 90.6 Å². The molecule has 188 valence electrons. The van der Waals surface area contributed by atoms with Gasteiger partial charge >= 0.3 is 0 Å². The predicted molar refractivity (Wildman–Crippen MR) is 141 cm³/mol. The Morgan fingerprint density at radius 3 is 2.64 bits per heavy atom. The van der Waals surface area contributed by atoms with Crippen molar-refractivity contribution in [2.24, 2.45) is 0 Å². The first-order valence-corrected chi connectivity index (χ1v) is 12.5. The maximum atomic E-state index is 10.5. The monoisotopic (exact) mass is 486 g/mol. The third-order valence-electron chi connectivity index (χ3n) is 6.49. The van der Waals surface area contributed by atoms with Crippen LogP contribution in [0.2, 0.25) is 0 Å². The third-order valence-corrected chi connectivity index (χ3v) is 6.49. The Balaban J connectivity index is 1.30. The van der Waals surface area contributed by atoms with E-state index in [1.807, 2.05) is 67.7 Å². The summed E-state index contributed by atoms with van der Waals surface area (Å²) in [6.07, 6.45) is 4.01. The van der Waals surface area contributed by atoms with Crippen LogP contribution in [0.1, 0.15) is 24.5 Å². The predicted octanol–water partition coefficient (Wildman–Crippen LogP) is 4.13. The minimum absolute atomic E-state index is 0.333. The highest BCUT2D eigenvalue weighted by Gasteiger charge is 2.16. The summed E-state index contributed by atoms with van der Waals surface area (Å²) >= 11 is 0. The summed E-state index contributed by atoms with van der Waals surface area (Å²) in [6, 6.07) is 19.9. The lowest BCUT2D eigenvalue weighted by molar-refractivity contribution is 0.0398. The Bertz CT molecular complexity index is 1130. The van der Waals surface area contributed by atoms with E-state index in [0.717, 1.165) is 68.2 Å². The lowest BCUT2D eigenvalue weighted by atomic mass is 10.0. The average molecular weight is 487 g/mol. The molecule has 1 unspecified atom stereocenters. The molecular formula is C29H34N4O3. The minimum atomic E-state index is -0.577. The van der Waals surface area contributed by atoms with Crippen LogP contribution >= 0.6 is 0 Å². The molecule has 0 saturated carbocycles. The van der Waals surface area contributed by atoms with Gasteiger partial charge in [-0.25, -0.2) is 0 Å². The molecule has 1 saturated heterocycles. The molecule has 2 heterocycles. The molecule has 0 bridgehead atoms. The summed E-state index contributed by atoms with van der Waals surface area (Å²) in [6.45, 7) is 7.07. The molecule has 2 aromatic carbocycles. The standard InChI is InChI=1S/C29H34N4O3/c1-22(29(34)11-4-23-3-2-12-31-21-23)36-27-8-5-24(6-9-27)25-7-10-28(26(19-25)20-30)32-13-14-33-15-17-35-18-16-33/h2-3,5-10,12,19,21-22,29,32,34H,4,11,13-18H2,1H3/t22-,29?/m0/s1. The van der Waals surface area contributed by atoms with Crippen LogP contribution in [0.5, 0.6) is 5.75 Å². The van der Waals surface area contributed by atoms with Crippen molar-refractivity contribution in [2.45, 2.75) is 32.0 Å². The first-order chi connectivity index (χ1) is 17.6. The Kier molecular flexibility index (Phi) is 9.28. The van der Waals surface area contributed by atoms with Gasteiger partial charge in [0.25, 0.3) is 0 Å². The van der Waals surface area contributed by atoms with Crippen molar-refractivity contribution in [1.82, 2.24) is 9.88 Å². The second-order valence-electron chi connectivity index (χ2n) is 9.07. The molecule has 7 heteroatoms. The van der Waals surface area contributed by atoms with Crippen LogP contribution in [-0.4, -0.2) is 66.6 Å². The normalized spacial score (nSPS) is 15.6. The van der Waals surface area contributed by atoms with Crippen LogP contribution in [0.15, 0.2) is 67.0 Å². The minimum Gasteiger partial charge on any atom is -0.488 e. The fourth-order valence-electron chi connectivity index (χ4n) is 4.26. The van der Waals surface area contributed by atoms with E-state index in [1.165, 1.54) is 0 Å². The van der Waals surface area contributed by atoms with Crippen LogP contribution in [0.4, 0.5) is 5.69 Å². The summed E-state index contributed by atoms with van der Waals surface area (Å²) in [7, 11) is 0. The van der Waals surface area contributed by atoms with Gasteiger partial charge in [0.2, 0.25) is 0 Å². The Hall–Kier alpha value is -3.44. The quantitative estimate of drug-likeness (QED) is 0.421. The molecule has 36 heavy (non-hydrogen) atoms. The number of hydrogen-bond donors (Lipinski definition) is 2. The van der Waals surface area contributed by atoms with Gasteiger partial charge in [0.15, 0.2) is 0 Å². The van der Waals surface area contributed by atoms with Crippen LogP contribution < -0.4 is 10.1 Å². The van der Waals surface area contributed by atoms with Crippen molar-refractivity contribution < 1.29 is 14.6 Å². The van der Waals surface area contributed by atoms with Gasteiger partial charge in [-0.15, -0.1) is 0 Å². The first kappa shape index (κ1) is 25.6. The number of nitrogens with one attached hydrogen (secondary N) is 1. The van der Waals surface area contributed by atoms with E-state index >= 15 is 0 Å². The number of morpholine rings is 1. The van der Waals surface area contributed by atoms with Gasteiger partial charge in [0.1, 0.15) is 17.9 Å². The molecule has 0 amide bonds. The third kappa shape index (κ3) is 7.28. The van der Waals surface area contributed by atoms with Crippen molar-refractivity contribution in [3.63, 3.8) is 0 Å². The van der Waals surface area contributed by atoms with Crippen molar-refractivity contribution in [1.29, 1.82) is 5.26 Å². The molecule has 1 fully saturated rings. The van der Waals surface area contributed by atoms with E-state index in [4.69, 9.17) is 9.47 Å². The Morgan fingerprint density at radius 2 is 1.92 bits per heavy atom. The summed E-state index contributed by atoms with van der Waals surface area (Å²) < 4.78 is 11.4. The van der Waals surface area contributed by atoms with E-state index in [2.05, 4.69) is 21.3 Å². The van der Waals surface area contributed by atoms with Crippen LogP contribution in [0, 0.1) is 11.3 Å². The zero-order valence-corrected chi connectivity index (χ0v) is 20.8. The zero-order valence-electron chi connectivity index (χ0n) is 20.8. The number of anilines is 1. The summed E-state index contributed by atoms with van der Waals surface area (Å²) in [5.74, 6) is 0.702. The Labute approximate surface area is 213 Å². The van der Waals surface area contributed by atoms with E-state index in [-0.39, 0.29) is 6.10 Å². The highest BCUT2D eigenvalue weighted by atomic mass is 16.5. The number of nitrogens with zero attached hydrogens (tertiary/aromatic N) is 3. The van der Waals surface area contributed by atoms with Gasteiger partial charge in [0.05, 0.1) is 30.6 Å². The van der Waals surface area contributed by atoms with Gasteiger partial charge in [-0.1, -0.05) is 24.3 Å². The molecule has 1 aliphatic heterocycles. The molecule has 4 rings (SSSR count). The molecule has 3 aromatic rings. The maximum absolute atomic E-state index is 10.5. The smallest absolute Gasteiger partial charge is 0.122 e. The highest BCUT2D eigenvalue weighted by Crippen LogP contribution is 2.27. The summed E-state index contributed by atoms with van der Waals surface area (Å²) in [5, 5.41) is 23.6. The fraction of sp³-hybridized carbons (Fsp3) is 0.379. The molecule has 2 atom stereocenters. The van der Waals surface area contributed by atoms with Crippen molar-refractivity contribution in [3.05, 3.63) is 78.1 Å². The van der Waals surface area contributed by atoms with Gasteiger partial charge in [-0.05, 0) is 66.8 Å². The van der Waals surface area contributed by atoms with Crippen molar-refractivity contribution >= 4 is 5.69 Å². The SMILES string of the molecule is C[C@H](Oc1ccc(-c2ccc(NCCN3CCOCC3)c(C#N)c2)cc1)C(O)CCc1cccnc1. The number of aliphatic hydroxyl groups is 1. The van der Waals surface area contributed by atoms with Crippen molar-refractivity contribution in [2.75, 3.05) is 44.7 Å². The van der Waals surface area contributed by atoms with Crippen LogP contribution in [0.25, 0.3) is 11.1 Å². The summed E-state index contributed by atoms with van der Waals surface area (Å²) in [4.78, 5) is 6.48. The molecule has 0 aliphatic carbocycles. The fourth-order valence-corrected chi connectivity index (χ4v) is 4.26. The first-order valence-electron chi connectivity index (χ1n) is 12.5. The number of aryl methyl sites for hydroxylation is 1. The van der Waals surface area contributed by atoms with E-state index in [0.29, 0.717) is 17.7 Å². The maximum Gasteiger partial charge on any atom is 0.122 e. The lowest BCUT2D eigenvalue weighted by Gasteiger charge is -2.26. The van der Waals surface area contributed by atoms with E-state index in [1.54, 1.807) is 6.20 Å². The molecule has 1 aromatic heterocycles. The molecule has 7 nitrogen and oxygen atoms in total. The lowest BCUT2D eigenvalue weighted by Crippen LogP contribution is -2.39. The van der Waals surface area contributed by atoms with Crippen LogP contribution in [0.3, 0.4) is 0 Å². The second kappa shape index (κ2) is 13.0. The van der Waals surface area contributed by atoms with Gasteiger partial charge < -0.3 is 19.9 Å². The number of rotatable bonds is 11. The van der Waals surface area contributed by atoms with E-state index < -0.39 is 6.10 Å². The summed E-state index contributed by atoms with van der Waals surface area (Å²) in [5.41, 5.74) is 4.55. The molecular weight excluding hydrogens is 452 g/mol. The van der Waals surface area contributed by atoms with Gasteiger partial charge in [-0.2, -0.15) is 5.26 Å². The average Bonchev–Trinajstić information content (AvgIpc) is 2.93. The number of benzene rings is 2.